The molecule has 2 fully saturated rings. The largest absolute Gasteiger partial charge is 0.497 e. The topological polar surface area (TPSA) is 64.1 Å². The van der Waals surface area contributed by atoms with Gasteiger partial charge in [0.1, 0.15) is 5.75 Å². The zero-order valence-corrected chi connectivity index (χ0v) is 20.1. The molecular formula is C22H36IN3O3. The number of halogens is 1. The van der Waals surface area contributed by atoms with Crippen LogP contribution in [0.4, 0.5) is 0 Å². The molecule has 0 atom stereocenters. The Morgan fingerprint density at radius 3 is 2.52 bits per heavy atom. The van der Waals surface area contributed by atoms with Crippen molar-refractivity contribution in [1.29, 1.82) is 0 Å². The van der Waals surface area contributed by atoms with Gasteiger partial charge in [-0.25, -0.2) is 0 Å². The Labute approximate surface area is 192 Å². The lowest BCUT2D eigenvalue weighted by Crippen LogP contribution is -2.48. The lowest BCUT2D eigenvalue weighted by Gasteiger charge is -2.38. The van der Waals surface area contributed by atoms with Gasteiger partial charge in [0.15, 0.2) is 5.96 Å². The number of aliphatic imine (C=N–C) groups is 1. The number of hydrogen-bond donors (Lipinski definition) is 2. The number of methoxy groups -OCH3 is 1. The van der Waals surface area contributed by atoms with E-state index in [4.69, 9.17) is 14.2 Å². The molecule has 1 saturated heterocycles. The van der Waals surface area contributed by atoms with Crippen molar-refractivity contribution in [3.05, 3.63) is 29.8 Å². The summed E-state index contributed by atoms with van der Waals surface area (Å²) in [5.41, 5.74) is 1.38. The van der Waals surface area contributed by atoms with Gasteiger partial charge in [0, 0.05) is 52.0 Å². The number of benzene rings is 1. The van der Waals surface area contributed by atoms with Gasteiger partial charge >= 0.3 is 0 Å². The fraction of sp³-hybridized carbons (Fsp3) is 0.682. The van der Waals surface area contributed by atoms with Crippen molar-refractivity contribution in [3.63, 3.8) is 0 Å². The van der Waals surface area contributed by atoms with Crippen LogP contribution in [0.1, 0.15) is 37.7 Å². The Balaban J connectivity index is 0.00000300. The Morgan fingerprint density at radius 2 is 1.90 bits per heavy atom. The van der Waals surface area contributed by atoms with Crippen molar-refractivity contribution in [2.45, 2.75) is 37.5 Å². The summed E-state index contributed by atoms with van der Waals surface area (Å²) in [4.78, 5) is 4.38. The van der Waals surface area contributed by atoms with Gasteiger partial charge in [0.05, 0.1) is 7.11 Å². The standard InChI is InChI=1S/C22H35N3O3.HI/c1-23-21(24-12-3-13-28-16-18-4-5-18)25-17-22(10-14-27-15-11-22)19-6-8-20(26-2)9-7-19;/h6-9,18H,3-5,10-17H2,1-2H3,(H2,23,24,25);1H. The lowest BCUT2D eigenvalue weighted by molar-refractivity contribution is 0.0513. The Morgan fingerprint density at radius 1 is 1.17 bits per heavy atom. The van der Waals surface area contributed by atoms with Crippen LogP contribution in [-0.2, 0) is 14.9 Å². The molecule has 7 heteroatoms. The summed E-state index contributed by atoms with van der Waals surface area (Å²) in [6.07, 6.45) is 5.67. The van der Waals surface area contributed by atoms with Crippen LogP contribution < -0.4 is 15.4 Å². The molecule has 0 aromatic heterocycles. The molecule has 164 valence electrons. The molecule has 2 aliphatic rings. The summed E-state index contributed by atoms with van der Waals surface area (Å²) in [6, 6.07) is 8.45. The van der Waals surface area contributed by atoms with Crippen molar-refractivity contribution < 1.29 is 14.2 Å². The molecule has 0 radical (unpaired) electrons. The smallest absolute Gasteiger partial charge is 0.191 e. The number of hydrogen-bond acceptors (Lipinski definition) is 4. The fourth-order valence-electron chi connectivity index (χ4n) is 3.66. The van der Waals surface area contributed by atoms with E-state index in [9.17, 15) is 0 Å². The Kier molecular flexibility index (Phi) is 10.5. The average Bonchev–Trinajstić information content (AvgIpc) is 3.58. The van der Waals surface area contributed by atoms with Crippen LogP contribution in [0, 0.1) is 5.92 Å². The third-order valence-corrected chi connectivity index (χ3v) is 5.78. The molecule has 0 spiro atoms. The molecule has 1 saturated carbocycles. The third-order valence-electron chi connectivity index (χ3n) is 5.78. The van der Waals surface area contributed by atoms with Crippen molar-refractivity contribution in [2.75, 3.05) is 53.7 Å². The van der Waals surface area contributed by atoms with Gasteiger partial charge in [-0.15, -0.1) is 24.0 Å². The maximum absolute atomic E-state index is 5.70. The van der Waals surface area contributed by atoms with Gasteiger partial charge in [-0.2, -0.15) is 0 Å². The highest BCUT2D eigenvalue weighted by Crippen LogP contribution is 2.35. The highest BCUT2D eigenvalue weighted by molar-refractivity contribution is 14.0. The quantitative estimate of drug-likeness (QED) is 0.216. The van der Waals surface area contributed by atoms with Gasteiger partial charge in [0.2, 0.25) is 0 Å². The van der Waals surface area contributed by atoms with E-state index in [1.807, 2.05) is 19.2 Å². The number of rotatable bonds is 10. The minimum absolute atomic E-state index is 0. The van der Waals surface area contributed by atoms with Crippen molar-refractivity contribution in [3.8, 4) is 5.75 Å². The van der Waals surface area contributed by atoms with Gasteiger partial charge < -0.3 is 24.8 Å². The second-order valence-electron chi connectivity index (χ2n) is 7.85. The van der Waals surface area contributed by atoms with Gasteiger partial charge in [-0.3, -0.25) is 4.99 Å². The summed E-state index contributed by atoms with van der Waals surface area (Å²) in [6.45, 7) is 5.02. The van der Waals surface area contributed by atoms with E-state index in [0.717, 1.165) is 76.4 Å². The van der Waals surface area contributed by atoms with E-state index in [2.05, 4.69) is 27.8 Å². The van der Waals surface area contributed by atoms with E-state index in [1.165, 1.54) is 18.4 Å². The van der Waals surface area contributed by atoms with Crippen molar-refractivity contribution in [1.82, 2.24) is 10.6 Å². The maximum Gasteiger partial charge on any atom is 0.191 e. The first-order chi connectivity index (χ1) is 13.8. The highest BCUT2D eigenvalue weighted by atomic mass is 127. The Hall–Kier alpha value is -1.06. The molecule has 1 aliphatic heterocycles. The van der Waals surface area contributed by atoms with E-state index in [1.54, 1.807) is 7.11 Å². The van der Waals surface area contributed by atoms with Crippen LogP contribution in [0.25, 0.3) is 0 Å². The summed E-state index contributed by atoms with van der Waals surface area (Å²) in [7, 11) is 3.52. The number of ether oxygens (including phenoxy) is 3. The molecule has 1 aromatic rings. The predicted molar refractivity (Wildman–Crippen MR) is 128 cm³/mol. The van der Waals surface area contributed by atoms with Crippen LogP contribution in [-0.4, -0.2) is 59.6 Å². The molecule has 0 unspecified atom stereocenters. The molecule has 29 heavy (non-hydrogen) atoms. The monoisotopic (exact) mass is 517 g/mol. The van der Waals surface area contributed by atoms with Gasteiger partial charge in [0.25, 0.3) is 0 Å². The number of guanidine groups is 1. The third kappa shape index (κ3) is 7.61. The van der Waals surface area contributed by atoms with Crippen LogP contribution in [0.2, 0.25) is 0 Å². The van der Waals surface area contributed by atoms with E-state index in [-0.39, 0.29) is 29.4 Å². The molecule has 6 nitrogen and oxygen atoms in total. The minimum Gasteiger partial charge on any atom is -0.497 e. The molecule has 1 aliphatic carbocycles. The normalized spacial score (nSPS) is 18.6. The fourth-order valence-corrected chi connectivity index (χ4v) is 3.66. The average molecular weight is 517 g/mol. The van der Waals surface area contributed by atoms with Crippen molar-refractivity contribution in [2.24, 2.45) is 10.9 Å². The summed E-state index contributed by atoms with van der Waals surface area (Å²) in [5.74, 6) is 2.57. The maximum atomic E-state index is 5.70. The summed E-state index contributed by atoms with van der Waals surface area (Å²) in [5, 5.41) is 6.94. The molecule has 1 heterocycles. The second kappa shape index (κ2) is 12.6. The summed E-state index contributed by atoms with van der Waals surface area (Å²) < 4.78 is 16.6. The molecule has 0 amide bonds. The first-order valence-corrected chi connectivity index (χ1v) is 10.5. The Bertz CT molecular complexity index is 614. The van der Waals surface area contributed by atoms with Crippen LogP contribution >= 0.6 is 24.0 Å². The van der Waals surface area contributed by atoms with Gasteiger partial charge in [-0.05, 0) is 55.7 Å². The second-order valence-corrected chi connectivity index (χ2v) is 7.85. The predicted octanol–water partition coefficient (Wildman–Crippen LogP) is 3.34. The molecule has 1 aromatic carbocycles. The van der Waals surface area contributed by atoms with Crippen molar-refractivity contribution >= 4 is 29.9 Å². The minimum atomic E-state index is 0. The molecular weight excluding hydrogens is 481 g/mol. The van der Waals surface area contributed by atoms with Crippen LogP contribution in [0.15, 0.2) is 29.3 Å². The zero-order chi connectivity index (χ0) is 19.7. The molecule has 0 bridgehead atoms. The lowest BCUT2D eigenvalue weighted by atomic mass is 9.74. The number of nitrogens with zero attached hydrogens (tertiary/aromatic N) is 1. The van der Waals surface area contributed by atoms with Crippen LogP contribution in [0.5, 0.6) is 5.75 Å². The number of nitrogens with one attached hydrogen (secondary N) is 2. The SMILES string of the molecule is CN=C(NCCCOCC1CC1)NCC1(c2ccc(OC)cc2)CCOCC1.I. The van der Waals surface area contributed by atoms with E-state index < -0.39 is 0 Å². The molecule has 3 rings (SSSR count). The van der Waals surface area contributed by atoms with E-state index >= 15 is 0 Å². The summed E-state index contributed by atoms with van der Waals surface area (Å²) >= 11 is 0. The highest BCUT2D eigenvalue weighted by Gasteiger charge is 2.34. The van der Waals surface area contributed by atoms with E-state index in [0.29, 0.717) is 0 Å². The molecule has 2 N–H and O–H groups in total. The first-order valence-electron chi connectivity index (χ1n) is 10.5. The zero-order valence-electron chi connectivity index (χ0n) is 17.7. The van der Waals surface area contributed by atoms with Gasteiger partial charge in [-0.1, -0.05) is 12.1 Å². The van der Waals surface area contributed by atoms with Crippen LogP contribution in [0.3, 0.4) is 0 Å². The first kappa shape index (κ1) is 24.2.